The van der Waals surface area contributed by atoms with Crippen LogP contribution in [0.25, 0.3) is 0 Å². The highest BCUT2D eigenvalue weighted by atomic mass is 19.1. The molecule has 0 fully saturated rings. The molecular formula is C13H17FO3. The summed E-state index contributed by atoms with van der Waals surface area (Å²) < 4.78 is 18.2. The second kappa shape index (κ2) is 5.77. The Labute approximate surface area is 100 Å². The number of aliphatic hydroxyl groups excluding tert-OH is 1. The maximum atomic E-state index is 13.6. The van der Waals surface area contributed by atoms with Crippen LogP contribution in [0, 0.1) is 13.8 Å². The molecule has 1 aromatic carbocycles. The first kappa shape index (κ1) is 13.6. The maximum Gasteiger partial charge on any atom is 0.343 e. The third-order valence-corrected chi connectivity index (χ3v) is 2.53. The van der Waals surface area contributed by atoms with Gasteiger partial charge in [0.05, 0.1) is 6.61 Å². The Morgan fingerprint density at radius 1 is 1.47 bits per heavy atom. The van der Waals surface area contributed by atoms with E-state index in [1.165, 1.54) is 0 Å². The molecule has 0 aliphatic carbocycles. The van der Waals surface area contributed by atoms with Gasteiger partial charge in [-0.1, -0.05) is 23.8 Å². The van der Waals surface area contributed by atoms with E-state index in [1.807, 2.05) is 13.0 Å². The van der Waals surface area contributed by atoms with E-state index in [2.05, 4.69) is 4.74 Å². The number of carbonyl (C=O) groups excluding carboxylic acids is 1. The van der Waals surface area contributed by atoms with Gasteiger partial charge in [0.25, 0.3) is 0 Å². The van der Waals surface area contributed by atoms with Gasteiger partial charge >= 0.3 is 5.97 Å². The number of hydrogen-bond donors (Lipinski definition) is 1. The Morgan fingerprint density at radius 2 is 2.12 bits per heavy atom. The molecule has 0 heterocycles. The monoisotopic (exact) mass is 240 g/mol. The lowest BCUT2D eigenvalue weighted by Crippen LogP contribution is -2.26. The molecule has 0 aliphatic rings. The molecule has 2 atom stereocenters. The van der Waals surface area contributed by atoms with Gasteiger partial charge in [0, 0.05) is 0 Å². The van der Waals surface area contributed by atoms with Crippen molar-refractivity contribution >= 4 is 5.97 Å². The van der Waals surface area contributed by atoms with Crippen LogP contribution in [-0.4, -0.2) is 23.9 Å². The largest absolute Gasteiger partial charge is 0.464 e. The Morgan fingerprint density at radius 3 is 2.65 bits per heavy atom. The Hall–Kier alpha value is -1.42. The first-order valence-electron chi connectivity index (χ1n) is 5.53. The van der Waals surface area contributed by atoms with Gasteiger partial charge in [-0.2, -0.15) is 0 Å². The minimum absolute atomic E-state index is 0.0961. The molecule has 0 aromatic heterocycles. The average Bonchev–Trinajstić information content (AvgIpc) is 2.27. The lowest BCUT2D eigenvalue weighted by atomic mass is 9.98. The van der Waals surface area contributed by atoms with Crippen LogP contribution in [0.15, 0.2) is 18.2 Å². The Kier molecular flexibility index (Phi) is 4.63. The number of rotatable bonds is 4. The predicted molar refractivity (Wildman–Crippen MR) is 62.4 cm³/mol. The van der Waals surface area contributed by atoms with E-state index in [9.17, 15) is 14.3 Å². The predicted octanol–water partition coefficient (Wildman–Crippen LogP) is 2.24. The SMILES string of the molecule is CCOC(=O)C(F)C(O)c1ccc(C)cc1C. The molecule has 4 heteroatoms. The molecule has 17 heavy (non-hydrogen) atoms. The zero-order chi connectivity index (χ0) is 13.0. The summed E-state index contributed by atoms with van der Waals surface area (Å²) in [5.74, 6) is -1.03. The number of aryl methyl sites for hydroxylation is 2. The molecule has 2 unspecified atom stereocenters. The second-order valence-corrected chi connectivity index (χ2v) is 3.96. The van der Waals surface area contributed by atoms with Gasteiger partial charge in [0.1, 0.15) is 6.10 Å². The van der Waals surface area contributed by atoms with Crippen LogP contribution >= 0.6 is 0 Å². The smallest absolute Gasteiger partial charge is 0.343 e. The standard InChI is InChI=1S/C13H17FO3/c1-4-17-13(16)11(14)12(15)10-6-5-8(2)7-9(10)3/h5-7,11-12,15H,4H2,1-3H3. The molecule has 3 nitrogen and oxygen atoms in total. The van der Waals surface area contributed by atoms with Crippen molar-refractivity contribution in [3.8, 4) is 0 Å². The van der Waals surface area contributed by atoms with Crippen molar-refractivity contribution in [3.05, 3.63) is 34.9 Å². The topological polar surface area (TPSA) is 46.5 Å². The number of alkyl halides is 1. The second-order valence-electron chi connectivity index (χ2n) is 3.96. The van der Waals surface area contributed by atoms with Gasteiger partial charge in [0.2, 0.25) is 6.17 Å². The van der Waals surface area contributed by atoms with Crippen molar-refractivity contribution in [3.63, 3.8) is 0 Å². The minimum Gasteiger partial charge on any atom is -0.464 e. The number of ether oxygens (including phenoxy) is 1. The lowest BCUT2D eigenvalue weighted by molar-refractivity contribution is -0.153. The van der Waals surface area contributed by atoms with Gasteiger partial charge < -0.3 is 9.84 Å². The van der Waals surface area contributed by atoms with Crippen molar-refractivity contribution in [2.45, 2.75) is 33.0 Å². The van der Waals surface area contributed by atoms with Crippen molar-refractivity contribution in [2.75, 3.05) is 6.61 Å². The van der Waals surface area contributed by atoms with E-state index < -0.39 is 18.2 Å². The van der Waals surface area contributed by atoms with Crippen LogP contribution in [0.1, 0.15) is 29.7 Å². The fourth-order valence-corrected chi connectivity index (χ4v) is 1.67. The molecule has 0 saturated carbocycles. The van der Waals surface area contributed by atoms with Crippen molar-refractivity contribution < 1.29 is 19.0 Å². The molecule has 1 aromatic rings. The van der Waals surface area contributed by atoms with Gasteiger partial charge in [-0.3, -0.25) is 0 Å². The van der Waals surface area contributed by atoms with Gasteiger partial charge in [-0.25, -0.2) is 9.18 Å². The van der Waals surface area contributed by atoms with E-state index in [0.717, 1.165) is 11.1 Å². The molecule has 0 amide bonds. The number of benzene rings is 1. The summed E-state index contributed by atoms with van der Waals surface area (Å²) in [6, 6.07) is 5.22. The zero-order valence-corrected chi connectivity index (χ0v) is 10.2. The van der Waals surface area contributed by atoms with Gasteiger partial charge in [-0.05, 0) is 31.9 Å². The number of esters is 1. The lowest BCUT2D eigenvalue weighted by Gasteiger charge is -2.17. The van der Waals surface area contributed by atoms with E-state index in [-0.39, 0.29) is 6.61 Å². The van der Waals surface area contributed by atoms with E-state index in [0.29, 0.717) is 5.56 Å². The summed E-state index contributed by atoms with van der Waals surface area (Å²) >= 11 is 0. The third kappa shape index (κ3) is 3.27. The Bertz CT molecular complexity index is 404. The number of hydrogen-bond acceptors (Lipinski definition) is 3. The summed E-state index contributed by atoms with van der Waals surface area (Å²) in [6.45, 7) is 5.36. The summed E-state index contributed by atoms with van der Waals surface area (Å²) in [6.07, 6.45) is -3.52. The molecular weight excluding hydrogens is 223 g/mol. The van der Waals surface area contributed by atoms with Crippen LogP contribution < -0.4 is 0 Å². The number of carbonyl (C=O) groups is 1. The zero-order valence-electron chi connectivity index (χ0n) is 10.2. The van der Waals surface area contributed by atoms with Crippen LogP contribution in [0.4, 0.5) is 4.39 Å². The quantitative estimate of drug-likeness (QED) is 0.821. The summed E-state index contributed by atoms with van der Waals surface area (Å²) in [7, 11) is 0. The van der Waals surface area contributed by atoms with Crippen LogP contribution in [0.5, 0.6) is 0 Å². The number of halogens is 1. The number of aliphatic hydroxyl groups is 1. The highest BCUT2D eigenvalue weighted by Gasteiger charge is 2.29. The Balaban J connectivity index is 2.88. The first-order valence-corrected chi connectivity index (χ1v) is 5.53. The molecule has 1 N–H and O–H groups in total. The summed E-state index contributed by atoms with van der Waals surface area (Å²) in [5.41, 5.74) is 2.19. The fourth-order valence-electron chi connectivity index (χ4n) is 1.67. The molecule has 0 aliphatic heterocycles. The van der Waals surface area contributed by atoms with Crippen LogP contribution in [0.2, 0.25) is 0 Å². The van der Waals surface area contributed by atoms with Crippen molar-refractivity contribution in [2.24, 2.45) is 0 Å². The molecule has 1 rings (SSSR count). The molecule has 0 radical (unpaired) electrons. The van der Waals surface area contributed by atoms with Gasteiger partial charge in [0.15, 0.2) is 0 Å². The van der Waals surface area contributed by atoms with Crippen molar-refractivity contribution in [1.29, 1.82) is 0 Å². The highest BCUT2D eigenvalue weighted by molar-refractivity contribution is 5.75. The molecule has 0 saturated heterocycles. The highest BCUT2D eigenvalue weighted by Crippen LogP contribution is 2.24. The summed E-state index contributed by atoms with van der Waals surface area (Å²) in [5, 5.41) is 9.78. The third-order valence-electron chi connectivity index (χ3n) is 2.53. The van der Waals surface area contributed by atoms with E-state index in [4.69, 9.17) is 0 Å². The average molecular weight is 240 g/mol. The fraction of sp³-hybridized carbons (Fsp3) is 0.462. The molecule has 0 bridgehead atoms. The van der Waals surface area contributed by atoms with Crippen LogP contribution in [-0.2, 0) is 9.53 Å². The van der Waals surface area contributed by atoms with Crippen LogP contribution in [0.3, 0.4) is 0 Å². The minimum atomic E-state index is -2.05. The first-order chi connectivity index (χ1) is 7.97. The van der Waals surface area contributed by atoms with Gasteiger partial charge in [-0.15, -0.1) is 0 Å². The molecule has 94 valence electrons. The maximum absolute atomic E-state index is 13.6. The summed E-state index contributed by atoms with van der Waals surface area (Å²) in [4.78, 5) is 11.2. The van der Waals surface area contributed by atoms with E-state index in [1.54, 1.807) is 26.0 Å². The van der Waals surface area contributed by atoms with Crippen molar-refractivity contribution in [1.82, 2.24) is 0 Å². The normalized spacial score (nSPS) is 14.2. The molecule has 0 spiro atoms. The van der Waals surface area contributed by atoms with E-state index >= 15 is 0 Å².